The lowest BCUT2D eigenvalue weighted by Gasteiger charge is -2.31. The third kappa shape index (κ3) is 8.43. The van der Waals surface area contributed by atoms with Crippen molar-refractivity contribution in [3.05, 3.63) is 71.4 Å². The van der Waals surface area contributed by atoms with Crippen molar-refractivity contribution in [3.63, 3.8) is 0 Å². The molecule has 2 aliphatic carbocycles. The van der Waals surface area contributed by atoms with Crippen molar-refractivity contribution in [2.24, 2.45) is 23.5 Å². The minimum Gasteiger partial charge on any atom is -0.453 e. The molecule has 3 fully saturated rings. The maximum absolute atomic E-state index is 13.8. The summed E-state index contributed by atoms with van der Waals surface area (Å²) in [5.74, 6) is 3.31. The Labute approximate surface area is 366 Å². The summed E-state index contributed by atoms with van der Waals surface area (Å²) in [5.41, 5.74) is 14.1. The molecule has 0 bridgehead atoms. The minimum atomic E-state index is -0.745. The number of amides is 4. The number of aromatic nitrogens is 4. The number of carbonyl (C=O) groups is 4. The van der Waals surface area contributed by atoms with Gasteiger partial charge in [-0.2, -0.15) is 0 Å². The molecule has 5 aromatic rings. The van der Waals surface area contributed by atoms with E-state index in [1.165, 1.54) is 59.8 Å². The largest absolute Gasteiger partial charge is 0.453 e. The number of hydrogen-bond acceptors (Lipinski definition) is 9. The number of ether oxygens (including phenoxy) is 2. The molecule has 5 N–H and O–H groups in total. The van der Waals surface area contributed by atoms with Crippen LogP contribution >= 0.6 is 11.3 Å². The molecular weight excluding hydrogens is 805 g/mol. The zero-order valence-electron chi connectivity index (χ0n) is 36.5. The summed E-state index contributed by atoms with van der Waals surface area (Å²) in [5, 5.41) is 2.74. The molecule has 4 aliphatic rings. The summed E-state index contributed by atoms with van der Waals surface area (Å²) in [6.07, 6.45) is 8.40. The summed E-state index contributed by atoms with van der Waals surface area (Å²) in [4.78, 5) is 71.5. The van der Waals surface area contributed by atoms with Gasteiger partial charge in [-0.15, -0.1) is 11.3 Å². The summed E-state index contributed by atoms with van der Waals surface area (Å²) in [7, 11) is 2.54. The van der Waals surface area contributed by atoms with E-state index >= 15 is 0 Å². The number of alkyl carbamates (subject to hydrolysis) is 1. The number of benzene rings is 2. The summed E-state index contributed by atoms with van der Waals surface area (Å²) >= 11 is 1.81. The van der Waals surface area contributed by atoms with E-state index in [2.05, 4.69) is 82.1 Å². The number of fused-ring (bicyclic) bond motifs is 4. The van der Waals surface area contributed by atoms with E-state index in [-0.39, 0.29) is 29.8 Å². The van der Waals surface area contributed by atoms with Gasteiger partial charge in [0.05, 0.1) is 54.1 Å². The molecule has 5 heterocycles. The van der Waals surface area contributed by atoms with E-state index in [4.69, 9.17) is 14.7 Å². The number of likely N-dealkylation sites (tertiary alicyclic amines) is 2. The van der Waals surface area contributed by atoms with Gasteiger partial charge < -0.3 is 40.3 Å². The third-order valence-corrected chi connectivity index (χ3v) is 14.2. The first-order valence-corrected chi connectivity index (χ1v) is 22.8. The first-order chi connectivity index (χ1) is 29.8. The van der Waals surface area contributed by atoms with E-state index in [1.807, 2.05) is 29.8 Å². The van der Waals surface area contributed by atoms with Crippen LogP contribution in [0.4, 0.5) is 9.59 Å². The molecular formula is C47H58N8O6S. The number of aromatic amines is 2. The summed E-state index contributed by atoms with van der Waals surface area (Å²) in [6, 6.07) is 14.8. The predicted molar refractivity (Wildman–Crippen MR) is 239 cm³/mol. The van der Waals surface area contributed by atoms with Crippen molar-refractivity contribution in [2.45, 2.75) is 103 Å². The number of nitrogens with two attached hydrogens (primary N) is 1. The van der Waals surface area contributed by atoms with Crippen molar-refractivity contribution < 1.29 is 28.7 Å². The zero-order valence-corrected chi connectivity index (χ0v) is 37.3. The van der Waals surface area contributed by atoms with Gasteiger partial charge in [0.2, 0.25) is 11.8 Å². The Kier molecular flexibility index (Phi) is 12.4. The Bertz CT molecular complexity index is 2470. The molecule has 4 amide bonds. The van der Waals surface area contributed by atoms with Gasteiger partial charge in [-0.05, 0) is 121 Å². The molecule has 14 nitrogen and oxygen atoms in total. The molecule has 2 saturated heterocycles. The predicted octanol–water partition coefficient (Wildman–Crippen LogP) is 8.86. The first-order valence-electron chi connectivity index (χ1n) is 21.9. The second-order valence-corrected chi connectivity index (χ2v) is 18.9. The molecule has 2 aliphatic heterocycles. The molecule has 5 atom stereocenters. The molecule has 15 heteroatoms. The van der Waals surface area contributed by atoms with Gasteiger partial charge in [-0.1, -0.05) is 45.9 Å². The van der Waals surface area contributed by atoms with Crippen LogP contribution < -0.4 is 11.1 Å². The van der Waals surface area contributed by atoms with Gasteiger partial charge in [0.25, 0.3) is 0 Å². The van der Waals surface area contributed by atoms with Crippen molar-refractivity contribution in [3.8, 4) is 32.1 Å². The number of rotatable bonds is 10. The highest BCUT2D eigenvalue weighted by atomic mass is 32.1. The van der Waals surface area contributed by atoms with Crippen molar-refractivity contribution in [1.29, 1.82) is 0 Å². The Morgan fingerprint density at radius 2 is 1.58 bits per heavy atom. The number of methoxy groups -OCH3 is 2. The third-order valence-electron chi connectivity index (χ3n) is 13.1. The smallest absolute Gasteiger partial charge is 0.407 e. The average Bonchev–Trinajstić information content (AvgIpc) is 4.10. The molecule has 0 radical (unpaired) electrons. The van der Waals surface area contributed by atoms with Gasteiger partial charge in [0, 0.05) is 24.4 Å². The van der Waals surface area contributed by atoms with Gasteiger partial charge in [0.15, 0.2) is 0 Å². The second kappa shape index (κ2) is 18.0. The van der Waals surface area contributed by atoms with Crippen LogP contribution in [-0.4, -0.2) is 87.1 Å². The standard InChI is InChI=1S/C45H53N7O4S.C2H5NO2/c1-24(2)20-39(53)51-18-6-8-35(51)42-46-23-34(49-42)38-17-16-37(57-38)30-14-13-29(40-28-12-10-26(28)21-31(30)40)27-11-15-32-33(22-27)48-43(47-32)36-9-7-19-52(36)44(54)41(25(3)4)50-45(55)56-5;1-5-2(3)4/h11,13-17,22-26,28,35-36,41H,6-10,12,18-21H2,1-5H3,(H,46,49)(H,47,48)(H,50,55);1H3,(H2,3,4)/t26?,28?,35-,36?,41?;/m0./s1. The maximum atomic E-state index is 13.8. The fraction of sp³-hybridized carbons (Fsp3) is 0.489. The van der Waals surface area contributed by atoms with E-state index in [9.17, 15) is 19.2 Å². The summed E-state index contributed by atoms with van der Waals surface area (Å²) in [6.45, 7) is 9.47. The minimum absolute atomic E-state index is 0.0178. The number of primary amides is 1. The maximum Gasteiger partial charge on any atom is 0.407 e. The Morgan fingerprint density at radius 1 is 0.871 bits per heavy atom. The van der Waals surface area contributed by atoms with Crippen LogP contribution in [0.3, 0.4) is 0 Å². The van der Waals surface area contributed by atoms with E-state index in [0.717, 1.165) is 71.9 Å². The lowest BCUT2D eigenvalue weighted by atomic mass is 9.73. The number of nitrogens with one attached hydrogen (secondary N) is 3. The molecule has 1 saturated carbocycles. The number of H-pyrrole nitrogens is 2. The highest BCUT2D eigenvalue weighted by Crippen LogP contribution is 2.56. The van der Waals surface area contributed by atoms with Crippen LogP contribution in [0.25, 0.3) is 43.2 Å². The van der Waals surface area contributed by atoms with Crippen molar-refractivity contribution in [2.75, 3.05) is 27.3 Å². The molecule has 0 spiro atoms. The van der Waals surface area contributed by atoms with Crippen LogP contribution in [0.5, 0.6) is 0 Å². The fourth-order valence-electron chi connectivity index (χ4n) is 9.87. The summed E-state index contributed by atoms with van der Waals surface area (Å²) < 4.78 is 8.70. The average molecular weight is 863 g/mol. The van der Waals surface area contributed by atoms with Crippen LogP contribution in [0, 0.1) is 17.8 Å². The quantitative estimate of drug-likeness (QED) is 0.107. The highest BCUT2D eigenvalue weighted by molar-refractivity contribution is 7.18. The Balaban J connectivity index is 0.00000100. The van der Waals surface area contributed by atoms with Crippen LogP contribution in [0.15, 0.2) is 48.7 Å². The van der Waals surface area contributed by atoms with Crippen molar-refractivity contribution >= 4 is 46.4 Å². The van der Waals surface area contributed by atoms with Gasteiger partial charge in [0.1, 0.15) is 17.7 Å². The SMILES string of the molecule is COC(=O)NC(C(=O)N1CCCC1c1nc2ccc(-c3ccc(-c4ccc(-c5cnc([C@@H]6CCCN6C(=O)CC(C)C)[nH]5)s4)c4c3C3CCC3C4)cc2[nH]1)C(C)C.COC(N)=O. The Morgan fingerprint density at radius 3 is 2.26 bits per heavy atom. The normalized spacial score (nSPS) is 20.7. The molecule has 3 aromatic heterocycles. The van der Waals surface area contributed by atoms with Crippen LogP contribution in [-0.2, 0) is 25.5 Å². The topological polar surface area (TPSA) is 189 Å². The molecule has 328 valence electrons. The lowest BCUT2D eigenvalue weighted by molar-refractivity contribution is -0.135. The van der Waals surface area contributed by atoms with E-state index in [0.29, 0.717) is 30.7 Å². The molecule has 4 unspecified atom stereocenters. The first kappa shape index (κ1) is 43.0. The second-order valence-electron chi connectivity index (χ2n) is 17.8. The monoisotopic (exact) mass is 862 g/mol. The fourth-order valence-corrected chi connectivity index (χ4v) is 10.9. The number of imidazole rings is 2. The molecule has 9 rings (SSSR count). The van der Waals surface area contributed by atoms with Gasteiger partial charge in [-0.3, -0.25) is 9.59 Å². The number of carbonyl (C=O) groups excluding carboxylic acids is 4. The van der Waals surface area contributed by atoms with Gasteiger partial charge in [-0.25, -0.2) is 19.6 Å². The number of nitrogens with zero attached hydrogens (tertiary/aromatic N) is 4. The lowest BCUT2D eigenvalue weighted by Crippen LogP contribution is -2.51. The number of thiophene rings is 1. The van der Waals surface area contributed by atoms with E-state index in [1.54, 1.807) is 11.3 Å². The van der Waals surface area contributed by atoms with E-state index < -0.39 is 18.2 Å². The van der Waals surface area contributed by atoms with Crippen LogP contribution in [0.1, 0.15) is 113 Å². The zero-order chi connectivity index (χ0) is 43.8. The number of hydrogen-bond donors (Lipinski definition) is 4. The Hall–Kier alpha value is -5.70. The van der Waals surface area contributed by atoms with Crippen LogP contribution in [0.2, 0.25) is 0 Å². The molecule has 62 heavy (non-hydrogen) atoms. The molecule has 2 aromatic carbocycles. The van der Waals surface area contributed by atoms with Crippen molar-refractivity contribution in [1.82, 2.24) is 35.1 Å². The highest BCUT2D eigenvalue weighted by Gasteiger charge is 2.42. The van der Waals surface area contributed by atoms with Gasteiger partial charge >= 0.3 is 12.2 Å².